The number of ether oxygens (including phenoxy) is 2. The van der Waals surface area contributed by atoms with E-state index in [9.17, 15) is 19.8 Å². The minimum Gasteiger partial charge on any atom is -0.504 e. The van der Waals surface area contributed by atoms with Crippen molar-refractivity contribution in [2.24, 2.45) is 56.7 Å². The van der Waals surface area contributed by atoms with Gasteiger partial charge in [-0.3, -0.25) is 4.79 Å². The molecule has 0 amide bonds. The number of methoxy groups -OCH3 is 1. The number of phenols is 1. The molecule has 0 radical (unpaired) electrons. The number of phenolic OH excluding ortho intramolecular Hbond substituents is 1. The molecule has 5 aliphatic carbocycles. The number of hydrogen-bond acceptors (Lipinski definition) is 5. The predicted octanol–water partition coefficient (Wildman–Crippen LogP) is 9.07. The van der Waals surface area contributed by atoms with E-state index in [0.29, 0.717) is 29.4 Å². The summed E-state index contributed by atoms with van der Waals surface area (Å²) in [7, 11) is 1.50. The molecule has 6 nitrogen and oxygen atoms in total. The molecule has 5 unspecified atom stereocenters. The van der Waals surface area contributed by atoms with Gasteiger partial charge in [0.1, 0.15) is 6.10 Å². The number of aliphatic carboxylic acids is 1. The summed E-state index contributed by atoms with van der Waals surface area (Å²) in [5.41, 5.74) is 1.54. The molecule has 10 atom stereocenters. The summed E-state index contributed by atoms with van der Waals surface area (Å²) >= 11 is 0. The van der Waals surface area contributed by atoms with Gasteiger partial charge in [0, 0.05) is 11.5 Å². The van der Waals surface area contributed by atoms with Crippen molar-refractivity contribution in [3.05, 3.63) is 42.0 Å². The maximum absolute atomic E-state index is 13.1. The Kier molecular flexibility index (Phi) is 8.04. The first kappa shape index (κ1) is 33.2. The van der Waals surface area contributed by atoms with Gasteiger partial charge in [0.15, 0.2) is 11.5 Å². The number of carboxylic acids is 1. The highest BCUT2D eigenvalue weighted by atomic mass is 16.5. The van der Waals surface area contributed by atoms with E-state index in [1.54, 1.807) is 24.3 Å². The number of carbonyl (C=O) groups excluding carboxylic acids is 1. The highest BCUT2D eigenvalue weighted by Gasteiger charge is 2.72. The molecule has 1 aromatic rings. The zero-order chi connectivity index (χ0) is 33.4. The Labute approximate surface area is 276 Å². The number of allylic oxidation sites excluding steroid dienone is 1. The molecular weight excluding hydrogens is 576 g/mol. The van der Waals surface area contributed by atoms with Crippen LogP contribution >= 0.6 is 0 Å². The zero-order valence-electron chi connectivity index (χ0n) is 29.2. The monoisotopic (exact) mass is 632 g/mol. The van der Waals surface area contributed by atoms with Gasteiger partial charge in [-0.15, -0.1) is 0 Å². The van der Waals surface area contributed by atoms with Gasteiger partial charge in [-0.1, -0.05) is 52.8 Å². The molecule has 252 valence electrons. The molecule has 5 aliphatic rings. The molecule has 0 bridgehead atoms. The lowest BCUT2D eigenvalue weighted by Gasteiger charge is -2.72. The van der Waals surface area contributed by atoms with Crippen LogP contribution in [0.1, 0.15) is 111 Å². The molecule has 6 rings (SSSR count). The molecular formula is C40H56O6. The van der Waals surface area contributed by atoms with Crippen LogP contribution in [0.5, 0.6) is 11.5 Å². The molecule has 46 heavy (non-hydrogen) atoms. The molecule has 0 spiro atoms. The average Bonchev–Trinajstić information content (AvgIpc) is 3.40. The summed E-state index contributed by atoms with van der Waals surface area (Å²) in [5, 5.41) is 20.5. The van der Waals surface area contributed by atoms with Crippen LogP contribution in [0.2, 0.25) is 0 Å². The number of hydrogen-bond donors (Lipinski definition) is 2. The summed E-state index contributed by atoms with van der Waals surface area (Å²) < 4.78 is 11.4. The van der Waals surface area contributed by atoms with Gasteiger partial charge in [0.25, 0.3) is 0 Å². The summed E-state index contributed by atoms with van der Waals surface area (Å²) in [5.74, 6) is 1.42. The second kappa shape index (κ2) is 11.2. The fourth-order valence-corrected chi connectivity index (χ4v) is 12.8. The van der Waals surface area contributed by atoms with Crippen LogP contribution in [0.15, 0.2) is 36.4 Å². The van der Waals surface area contributed by atoms with E-state index < -0.39 is 11.4 Å². The Morgan fingerprint density at radius 1 is 0.913 bits per heavy atom. The van der Waals surface area contributed by atoms with Crippen molar-refractivity contribution in [2.75, 3.05) is 7.11 Å². The van der Waals surface area contributed by atoms with E-state index in [2.05, 4.69) is 48.1 Å². The van der Waals surface area contributed by atoms with Crippen molar-refractivity contribution in [2.45, 2.75) is 112 Å². The Balaban J connectivity index is 1.23. The quantitative estimate of drug-likeness (QED) is 0.185. The normalized spacial score (nSPS) is 42.7. The molecule has 1 aromatic carbocycles. The van der Waals surface area contributed by atoms with Crippen LogP contribution in [0.25, 0.3) is 6.08 Å². The smallest absolute Gasteiger partial charge is 0.331 e. The summed E-state index contributed by atoms with van der Waals surface area (Å²) in [6.07, 6.45) is 13.0. The van der Waals surface area contributed by atoms with Crippen LogP contribution < -0.4 is 4.74 Å². The molecule has 6 heteroatoms. The lowest BCUT2D eigenvalue weighted by atomic mass is 9.32. The molecule has 0 saturated heterocycles. The Morgan fingerprint density at radius 2 is 1.65 bits per heavy atom. The van der Waals surface area contributed by atoms with Crippen molar-refractivity contribution >= 4 is 18.0 Å². The third kappa shape index (κ3) is 4.62. The molecule has 0 aliphatic heterocycles. The third-order valence-corrected chi connectivity index (χ3v) is 15.3. The van der Waals surface area contributed by atoms with Crippen LogP contribution in [0.4, 0.5) is 0 Å². The number of aromatic hydroxyl groups is 1. The van der Waals surface area contributed by atoms with Crippen LogP contribution in [-0.2, 0) is 14.3 Å². The second-order valence-electron chi connectivity index (χ2n) is 17.2. The number of esters is 1. The summed E-state index contributed by atoms with van der Waals surface area (Å²) in [4.78, 5) is 26.1. The summed E-state index contributed by atoms with van der Waals surface area (Å²) in [6.45, 7) is 18.8. The van der Waals surface area contributed by atoms with Crippen molar-refractivity contribution in [1.29, 1.82) is 0 Å². The van der Waals surface area contributed by atoms with Gasteiger partial charge in [-0.2, -0.15) is 0 Å². The minimum absolute atomic E-state index is 0.0618. The molecule has 2 N–H and O–H groups in total. The number of carbonyl (C=O) groups is 2. The van der Waals surface area contributed by atoms with E-state index in [1.165, 1.54) is 18.8 Å². The SMILES string of the molecule is C=C(C)C1CC[C@]2(C(=O)O)CC[C@]3(C)C(CCC4[C@@]5(C)CC[C@H](OC(=O)/C=C\c6ccc(O)c(OC)c6)C(C)(C)C5CC[C@]43C)C12. The number of rotatable bonds is 6. The number of benzene rings is 1. The summed E-state index contributed by atoms with van der Waals surface area (Å²) in [6, 6.07) is 5.00. The van der Waals surface area contributed by atoms with Crippen LogP contribution in [0, 0.1) is 56.7 Å². The maximum Gasteiger partial charge on any atom is 0.331 e. The average molecular weight is 633 g/mol. The van der Waals surface area contributed by atoms with Gasteiger partial charge in [0.05, 0.1) is 12.5 Å². The van der Waals surface area contributed by atoms with Crippen LogP contribution in [-0.4, -0.2) is 35.4 Å². The van der Waals surface area contributed by atoms with Crippen molar-refractivity contribution in [3.8, 4) is 11.5 Å². The van der Waals surface area contributed by atoms with Gasteiger partial charge in [-0.05, 0) is 141 Å². The highest BCUT2D eigenvalue weighted by molar-refractivity contribution is 5.87. The minimum atomic E-state index is -0.592. The van der Waals surface area contributed by atoms with Crippen LogP contribution in [0.3, 0.4) is 0 Å². The molecule has 5 fully saturated rings. The van der Waals surface area contributed by atoms with E-state index >= 15 is 0 Å². The number of fused-ring (bicyclic) bond motifs is 7. The first-order valence-corrected chi connectivity index (χ1v) is 17.7. The van der Waals surface area contributed by atoms with E-state index in [-0.39, 0.29) is 45.4 Å². The lowest BCUT2D eigenvalue weighted by molar-refractivity contribution is -0.250. The van der Waals surface area contributed by atoms with Gasteiger partial charge in [0.2, 0.25) is 0 Å². The maximum atomic E-state index is 13.1. The van der Waals surface area contributed by atoms with E-state index in [4.69, 9.17) is 9.47 Å². The molecule has 5 saturated carbocycles. The third-order valence-electron chi connectivity index (χ3n) is 15.3. The zero-order valence-corrected chi connectivity index (χ0v) is 29.2. The number of carboxylic acid groups (broad SMARTS) is 1. The van der Waals surface area contributed by atoms with Crippen molar-refractivity contribution in [1.82, 2.24) is 0 Å². The first-order chi connectivity index (χ1) is 21.5. The van der Waals surface area contributed by atoms with E-state index in [1.807, 2.05) is 0 Å². The largest absolute Gasteiger partial charge is 0.504 e. The van der Waals surface area contributed by atoms with E-state index in [0.717, 1.165) is 69.8 Å². The Hall–Kier alpha value is -2.76. The second-order valence-corrected chi connectivity index (χ2v) is 17.2. The van der Waals surface area contributed by atoms with Crippen molar-refractivity contribution < 1.29 is 29.3 Å². The highest BCUT2D eigenvalue weighted by Crippen LogP contribution is 2.77. The fraction of sp³-hybridized carbons (Fsp3) is 0.700. The topological polar surface area (TPSA) is 93.1 Å². The van der Waals surface area contributed by atoms with Crippen molar-refractivity contribution in [3.63, 3.8) is 0 Å². The van der Waals surface area contributed by atoms with Gasteiger partial charge in [-0.25, -0.2) is 4.79 Å². The van der Waals surface area contributed by atoms with Gasteiger partial charge >= 0.3 is 11.9 Å². The van der Waals surface area contributed by atoms with Gasteiger partial charge < -0.3 is 19.7 Å². The molecule has 0 heterocycles. The standard InChI is InChI=1S/C40H56O6/c1-24(2)26-15-20-40(35(43)44)22-21-38(6)27(34(26)40)11-13-31-37(5)18-17-32(36(3,4)30(37)16-19-39(31,38)7)46-33(42)14-10-25-9-12-28(41)29(23-25)45-8/h9-10,12,14,23,26-27,30-32,34,41H,1,11,13,15-22H2,2-8H3,(H,43,44)/b14-10-/t26?,27?,30?,31?,32-,34?,37-,38+,39+,40-/m0/s1. The molecule has 0 aromatic heterocycles. The predicted molar refractivity (Wildman–Crippen MR) is 180 cm³/mol. The Morgan fingerprint density at radius 3 is 2.33 bits per heavy atom. The fourth-order valence-electron chi connectivity index (χ4n) is 12.8. The Bertz CT molecular complexity index is 1440. The first-order valence-electron chi connectivity index (χ1n) is 17.7. The lowest BCUT2D eigenvalue weighted by Crippen LogP contribution is -2.67.